The van der Waals surface area contributed by atoms with Crippen LogP contribution >= 0.6 is 11.9 Å². The van der Waals surface area contributed by atoms with Crippen molar-refractivity contribution in [3.05, 3.63) is 59.2 Å². The zero-order valence-electron chi connectivity index (χ0n) is 8.89. The molecule has 15 heavy (non-hydrogen) atoms. The van der Waals surface area contributed by atoms with Crippen LogP contribution < -0.4 is 0 Å². The van der Waals surface area contributed by atoms with E-state index < -0.39 is 0 Å². The average Bonchev–Trinajstić information content (AvgIpc) is 2.31. The van der Waals surface area contributed by atoms with Gasteiger partial charge in [0.25, 0.3) is 0 Å². The molecule has 2 heteroatoms. The molecule has 2 rings (SSSR count). The number of nitrogens with zero attached hydrogens (tertiary/aromatic N) is 1. The minimum atomic E-state index is 0.982. The van der Waals surface area contributed by atoms with E-state index in [0.717, 1.165) is 13.0 Å². The molecule has 0 radical (unpaired) electrons. The monoisotopic (exact) mass is 217 g/mol. The number of hydrogen-bond donors (Lipinski definition) is 0. The molecule has 0 aromatic heterocycles. The standard InChI is InChI=1S/C13H15NS/c1-2-13-9-6-10-15-14(13)11-12-7-4-3-5-8-12/h3-10H,2,11H2,1H3. The third-order valence-corrected chi connectivity index (χ3v) is 3.30. The van der Waals surface area contributed by atoms with Crippen molar-refractivity contribution in [1.82, 2.24) is 4.31 Å². The second-order valence-corrected chi connectivity index (χ2v) is 4.39. The summed E-state index contributed by atoms with van der Waals surface area (Å²) < 4.78 is 2.34. The van der Waals surface area contributed by atoms with Gasteiger partial charge in [-0.15, -0.1) is 0 Å². The summed E-state index contributed by atoms with van der Waals surface area (Å²) in [7, 11) is 0. The van der Waals surface area contributed by atoms with Gasteiger partial charge in [-0.05, 0) is 35.4 Å². The summed E-state index contributed by atoms with van der Waals surface area (Å²) in [4.78, 5) is 0. The van der Waals surface area contributed by atoms with Crippen LogP contribution in [-0.2, 0) is 6.54 Å². The molecular formula is C13H15NS. The van der Waals surface area contributed by atoms with Crippen LogP contribution in [0, 0.1) is 0 Å². The second kappa shape index (κ2) is 5.08. The highest BCUT2D eigenvalue weighted by atomic mass is 32.2. The van der Waals surface area contributed by atoms with Crippen LogP contribution in [0.5, 0.6) is 0 Å². The van der Waals surface area contributed by atoms with E-state index >= 15 is 0 Å². The van der Waals surface area contributed by atoms with E-state index in [0.29, 0.717) is 0 Å². The first-order valence-corrected chi connectivity index (χ1v) is 6.07. The largest absolute Gasteiger partial charge is 0.312 e. The van der Waals surface area contributed by atoms with Crippen molar-refractivity contribution in [2.24, 2.45) is 0 Å². The third-order valence-electron chi connectivity index (χ3n) is 2.41. The summed E-state index contributed by atoms with van der Waals surface area (Å²) in [6, 6.07) is 10.6. The Kier molecular flexibility index (Phi) is 3.51. The van der Waals surface area contributed by atoms with Gasteiger partial charge in [-0.3, -0.25) is 0 Å². The number of benzene rings is 1. The van der Waals surface area contributed by atoms with E-state index in [-0.39, 0.29) is 0 Å². The molecule has 0 N–H and O–H groups in total. The van der Waals surface area contributed by atoms with E-state index in [9.17, 15) is 0 Å². The van der Waals surface area contributed by atoms with E-state index in [1.165, 1.54) is 11.3 Å². The lowest BCUT2D eigenvalue weighted by Crippen LogP contribution is -2.14. The fourth-order valence-electron chi connectivity index (χ4n) is 1.59. The van der Waals surface area contributed by atoms with Crippen molar-refractivity contribution >= 4 is 11.9 Å². The Bertz CT molecular complexity index is 367. The molecule has 1 aliphatic heterocycles. The van der Waals surface area contributed by atoms with Gasteiger partial charge in [0.15, 0.2) is 0 Å². The maximum absolute atomic E-state index is 2.34. The fraction of sp³-hybridized carbons (Fsp3) is 0.231. The maximum atomic E-state index is 2.34. The quantitative estimate of drug-likeness (QED) is 0.705. The van der Waals surface area contributed by atoms with Gasteiger partial charge in [0.2, 0.25) is 0 Å². The van der Waals surface area contributed by atoms with Crippen LogP contribution in [0.1, 0.15) is 18.9 Å². The highest BCUT2D eigenvalue weighted by molar-refractivity contribution is 8.00. The smallest absolute Gasteiger partial charge is 0.0545 e. The molecule has 0 aliphatic carbocycles. The fourth-order valence-corrected chi connectivity index (χ4v) is 2.44. The van der Waals surface area contributed by atoms with Crippen LogP contribution in [0.25, 0.3) is 0 Å². The Hall–Kier alpha value is -1.15. The predicted molar refractivity (Wildman–Crippen MR) is 67.1 cm³/mol. The van der Waals surface area contributed by atoms with E-state index in [4.69, 9.17) is 0 Å². The van der Waals surface area contributed by atoms with Gasteiger partial charge in [-0.1, -0.05) is 43.3 Å². The molecule has 0 amide bonds. The summed E-state index contributed by atoms with van der Waals surface area (Å²) in [5, 5.41) is 2.13. The Morgan fingerprint density at radius 2 is 2.00 bits per heavy atom. The summed E-state index contributed by atoms with van der Waals surface area (Å²) in [6.45, 7) is 3.18. The van der Waals surface area contributed by atoms with Gasteiger partial charge >= 0.3 is 0 Å². The van der Waals surface area contributed by atoms with Gasteiger partial charge in [0, 0.05) is 5.70 Å². The molecule has 0 saturated heterocycles. The van der Waals surface area contributed by atoms with Crippen molar-refractivity contribution < 1.29 is 0 Å². The van der Waals surface area contributed by atoms with Crippen molar-refractivity contribution in [2.45, 2.75) is 19.9 Å². The molecule has 0 fully saturated rings. The van der Waals surface area contributed by atoms with Crippen LogP contribution in [0.3, 0.4) is 0 Å². The molecule has 1 aromatic carbocycles. The van der Waals surface area contributed by atoms with Crippen LogP contribution in [-0.4, -0.2) is 4.31 Å². The minimum absolute atomic E-state index is 0.982. The summed E-state index contributed by atoms with van der Waals surface area (Å²) in [6.07, 6.45) is 5.40. The number of hydrogen-bond acceptors (Lipinski definition) is 2. The SMILES string of the molecule is CCC1=CC=CSN1Cc1ccccc1. The average molecular weight is 217 g/mol. The maximum Gasteiger partial charge on any atom is 0.0545 e. The summed E-state index contributed by atoms with van der Waals surface area (Å²) in [5.74, 6) is 0. The van der Waals surface area contributed by atoms with Gasteiger partial charge in [-0.25, -0.2) is 0 Å². The van der Waals surface area contributed by atoms with Gasteiger partial charge in [0.05, 0.1) is 6.54 Å². The molecule has 1 heterocycles. The molecule has 78 valence electrons. The van der Waals surface area contributed by atoms with Crippen LogP contribution in [0.4, 0.5) is 0 Å². The Morgan fingerprint density at radius 3 is 2.73 bits per heavy atom. The topological polar surface area (TPSA) is 3.24 Å². The molecule has 0 unspecified atom stereocenters. The summed E-state index contributed by atoms with van der Waals surface area (Å²) in [5.41, 5.74) is 2.76. The van der Waals surface area contributed by atoms with Crippen molar-refractivity contribution in [1.29, 1.82) is 0 Å². The molecule has 1 nitrogen and oxygen atoms in total. The first kappa shape index (κ1) is 10.4. The van der Waals surface area contributed by atoms with E-state index in [1.54, 1.807) is 11.9 Å². The van der Waals surface area contributed by atoms with Crippen LogP contribution in [0.2, 0.25) is 0 Å². The lowest BCUT2D eigenvalue weighted by atomic mass is 10.2. The van der Waals surface area contributed by atoms with E-state index in [2.05, 4.69) is 59.1 Å². The highest BCUT2D eigenvalue weighted by Crippen LogP contribution is 2.27. The molecule has 1 aliphatic rings. The van der Waals surface area contributed by atoms with Gasteiger partial charge in [-0.2, -0.15) is 0 Å². The Balaban J connectivity index is 2.07. The number of rotatable bonds is 3. The second-order valence-electron chi connectivity index (χ2n) is 3.47. The number of allylic oxidation sites excluding steroid dienone is 3. The molecule has 0 atom stereocenters. The van der Waals surface area contributed by atoms with Gasteiger partial charge < -0.3 is 4.31 Å². The molecular weight excluding hydrogens is 202 g/mol. The lowest BCUT2D eigenvalue weighted by Gasteiger charge is -2.26. The Labute approximate surface area is 95.6 Å². The first-order valence-electron chi connectivity index (χ1n) is 5.24. The van der Waals surface area contributed by atoms with Crippen molar-refractivity contribution in [2.75, 3.05) is 0 Å². The molecule has 0 spiro atoms. The third kappa shape index (κ3) is 2.66. The Morgan fingerprint density at radius 1 is 1.20 bits per heavy atom. The molecule has 0 saturated carbocycles. The molecule has 0 bridgehead atoms. The van der Waals surface area contributed by atoms with Crippen molar-refractivity contribution in [3.8, 4) is 0 Å². The normalized spacial score (nSPS) is 15.3. The summed E-state index contributed by atoms with van der Waals surface area (Å²) >= 11 is 1.78. The highest BCUT2D eigenvalue weighted by Gasteiger charge is 2.09. The first-order chi connectivity index (χ1) is 7.40. The predicted octanol–water partition coefficient (Wildman–Crippen LogP) is 3.96. The lowest BCUT2D eigenvalue weighted by molar-refractivity contribution is 0.551. The van der Waals surface area contributed by atoms with Crippen LogP contribution in [0.15, 0.2) is 53.6 Å². The molecule has 1 aromatic rings. The zero-order valence-corrected chi connectivity index (χ0v) is 9.70. The zero-order chi connectivity index (χ0) is 10.5. The minimum Gasteiger partial charge on any atom is -0.312 e. The van der Waals surface area contributed by atoms with Gasteiger partial charge in [0.1, 0.15) is 0 Å². The van der Waals surface area contributed by atoms with E-state index in [1.807, 2.05) is 0 Å². The van der Waals surface area contributed by atoms with Crippen molar-refractivity contribution in [3.63, 3.8) is 0 Å².